The molecule has 6 rings (SSSR count). The van der Waals surface area contributed by atoms with Crippen LogP contribution in [0.2, 0.25) is 0 Å². The summed E-state index contributed by atoms with van der Waals surface area (Å²) in [6, 6.07) is 9.52. The topological polar surface area (TPSA) is 276 Å². The van der Waals surface area contributed by atoms with Gasteiger partial charge in [0.2, 0.25) is 0 Å². The summed E-state index contributed by atoms with van der Waals surface area (Å²) in [6.07, 6.45) is -19.4. The Morgan fingerprint density at radius 3 is 0.976 bits per heavy atom. The maximum atomic E-state index is 13.5. The maximum Gasteiger partial charge on any atom is 0.303 e. The van der Waals surface area contributed by atoms with Crippen molar-refractivity contribution in [2.24, 2.45) is 41.4 Å². The quantitative estimate of drug-likeness (QED) is 0.0889. The molecule has 0 aliphatic carbocycles. The van der Waals surface area contributed by atoms with Crippen molar-refractivity contribution in [1.82, 2.24) is 0 Å². The van der Waals surface area contributed by atoms with Gasteiger partial charge in [-0.05, 0) is 36.2 Å². The van der Waals surface area contributed by atoms with Crippen molar-refractivity contribution in [3.8, 4) is 0 Å². The van der Waals surface area contributed by atoms with Crippen molar-refractivity contribution in [3.63, 3.8) is 0 Å². The van der Waals surface area contributed by atoms with E-state index in [4.69, 9.17) is 80.5 Å². The van der Waals surface area contributed by atoms with Gasteiger partial charge in [0.05, 0.1) is 18.8 Å². The van der Waals surface area contributed by atoms with Crippen LogP contribution >= 0.6 is 0 Å². The number of rotatable bonds is 23. The van der Waals surface area contributed by atoms with E-state index >= 15 is 0 Å². The Balaban J connectivity index is 1.43. The van der Waals surface area contributed by atoms with Crippen molar-refractivity contribution in [1.29, 1.82) is 0 Å². The molecule has 0 N–H and O–H groups in total. The number of benzene rings is 1. The summed E-state index contributed by atoms with van der Waals surface area (Å²) in [5.74, 6) is -7.92. The number of carbonyl (C=O) groups is 7. The zero-order valence-electron chi connectivity index (χ0n) is 51.4. The van der Waals surface area contributed by atoms with Gasteiger partial charge >= 0.3 is 41.8 Å². The molecule has 5 heterocycles. The van der Waals surface area contributed by atoms with E-state index in [-0.39, 0.29) is 62.3 Å². The number of esters is 7. The van der Waals surface area contributed by atoms with E-state index in [0.717, 1.165) is 12.5 Å². The van der Waals surface area contributed by atoms with Gasteiger partial charge in [0, 0.05) is 72.1 Å². The minimum absolute atomic E-state index is 0.0573. The predicted octanol–water partition coefficient (Wildman–Crippen LogP) is 6.06. The molecular formula is C60H90O24. The molecule has 24 heteroatoms. The van der Waals surface area contributed by atoms with Crippen LogP contribution in [-0.2, 0) is 121 Å². The fourth-order valence-corrected chi connectivity index (χ4v) is 11.8. The smallest absolute Gasteiger partial charge is 0.303 e. The van der Waals surface area contributed by atoms with Crippen LogP contribution in [0.1, 0.15) is 129 Å². The van der Waals surface area contributed by atoms with Gasteiger partial charge in [0.15, 0.2) is 55.9 Å². The van der Waals surface area contributed by atoms with Crippen molar-refractivity contribution >= 4 is 41.8 Å². The minimum atomic E-state index is -1.67. The number of hydrogen-bond acceptors (Lipinski definition) is 24. The zero-order chi connectivity index (χ0) is 61.9. The second kappa shape index (κ2) is 31.1. The van der Waals surface area contributed by atoms with E-state index in [0.29, 0.717) is 12.8 Å². The zero-order valence-corrected chi connectivity index (χ0v) is 51.4. The summed E-state index contributed by atoms with van der Waals surface area (Å²) in [5.41, 5.74) is 0.882. The summed E-state index contributed by atoms with van der Waals surface area (Å²) in [7, 11) is 0. The Morgan fingerprint density at radius 2 is 0.643 bits per heavy atom. The van der Waals surface area contributed by atoms with Gasteiger partial charge in [0.1, 0.15) is 62.5 Å². The fraction of sp³-hybridized carbons (Fsp3) is 0.783. The fourth-order valence-electron chi connectivity index (χ4n) is 11.8. The standard InChI is InChI=1S/C60H90O24/c1-17-43-28(3)30(5)51(56(76-43)71-24-42-22-20-19-21-23-42)84-60-55(75-41(16)67)50(34(9)47(80-60)27-70-37(12)63)83-59-54(74-40(15)66)49(33(8)46(79-59)26-69-36(11)62)82-58-53(73-39(14)65)48(32(7)45(78-58)25-68-35(10)61)81-57-52(72-38(13)64)31(6)29(4)44(18-2)77-57/h19-23,28-34,43-60H,17-18,24-27H2,1-16H3/t28-,29-,30-,31-,32+,33+,34+,43?,44?,45?,46?,47?,48-,49-,50-,51?,52?,53?,54?,55?,56-,57+,58+,59+,60+/m0/s1. The SMILES string of the molecule is CCC1O[C@H](O[C@@H]2C(OC(C)=O)[C@@H](O[C@@H]3C(OC(C)=O)[C@@H](O[C@@H]4C(OC(C)=O)[C@@H](OC5[C@@H](OCc6ccccc6)OC(CC)[C@@H](C)[C@@H]5C)OC(COC(C)=O)[C@H]4C)OC(COC(C)=O)[C@H]3C)OC(COC(C)=O)[C@H]2C)C(OC(C)=O)[C@@H](C)[C@@H]1C. The molecule has 1 aromatic carbocycles. The van der Waals surface area contributed by atoms with Crippen LogP contribution in [0.25, 0.3) is 0 Å². The lowest BCUT2D eigenvalue weighted by atomic mass is 9.82. The van der Waals surface area contributed by atoms with Gasteiger partial charge in [-0.3, -0.25) is 33.6 Å². The Bertz CT molecular complexity index is 2340. The molecule has 0 radical (unpaired) electrons. The normalized spacial score (nSPS) is 38.7. The summed E-state index contributed by atoms with van der Waals surface area (Å²) in [4.78, 5) is 90.2. The van der Waals surface area contributed by atoms with E-state index in [1.165, 1.54) is 41.5 Å². The first-order valence-electron chi connectivity index (χ1n) is 29.4. The summed E-state index contributed by atoms with van der Waals surface area (Å²) in [5, 5.41) is 0. The molecule has 5 saturated heterocycles. The van der Waals surface area contributed by atoms with Crippen LogP contribution in [0, 0.1) is 41.4 Å². The monoisotopic (exact) mass is 1190 g/mol. The maximum absolute atomic E-state index is 13.5. The largest absolute Gasteiger partial charge is 0.463 e. The Morgan fingerprint density at radius 1 is 0.345 bits per heavy atom. The first kappa shape index (κ1) is 68.2. The lowest BCUT2D eigenvalue weighted by Gasteiger charge is -2.52. The van der Waals surface area contributed by atoms with E-state index in [2.05, 4.69) is 0 Å². The molecule has 0 amide bonds. The van der Waals surface area contributed by atoms with Crippen molar-refractivity contribution in [2.45, 2.75) is 241 Å². The van der Waals surface area contributed by atoms with E-state index in [1.54, 1.807) is 20.8 Å². The molecule has 474 valence electrons. The highest BCUT2D eigenvalue weighted by Crippen LogP contribution is 2.44. The average molecular weight is 1200 g/mol. The predicted molar refractivity (Wildman–Crippen MR) is 291 cm³/mol. The van der Waals surface area contributed by atoms with Gasteiger partial charge in [0.25, 0.3) is 0 Å². The molecule has 84 heavy (non-hydrogen) atoms. The Hall–Kier alpha value is -4.89. The van der Waals surface area contributed by atoms with Gasteiger partial charge in [-0.15, -0.1) is 0 Å². The van der Waals surface area contributed by atoms with Crippen LogP contribution in [0.4, 0.5) is 0 Å². The number of hydrogen-bond donors (Lipinski definition) is 0. The van der Waals surface area contributed by atoms with Crippen LogP contribution in [0.5, 0.6) is 0 Å². The molecule has 0 spiro atoms. The van der Waals surface area contributed by atoms with Crippen molar-refractivity contribution in [3.05, 3.63) is 35.9 Å². The van der Waals surface area contributed by atoms with Crippen LogP contribution in [0.3, 0.4) is 0 Å². The van der Waals surface area contributed by atoms with Gasteiger partial charge in [-0.2, -0.15) is 0 Å². The minimum Gasteiger partial charge on any atom is -0.463 e. The third kappa shape index (κ3) is 17.6. The van der Waals surface area contributed by atoms with Crippen LogP contribution in [-0.4, -0.2) is 172 Å². The average Bonchev–Trinajstić information content (AvgIpc) is 1.84. The Labute approximate surface area is 492 Å². The molecule has 0 bridgehead atoms. The summed E-state index contributed by atoms with van der Waals surface area (Å²) < 4.78 is 108. The van der Waals surface area contributed by atoms with Gasteiger partial charge < -0.3 is 80.5 Å². The molecule has 10 unspecified atom stereocenters. The third-order valence-corrected chi connectivity index (χ3v) is 16.8. The summed E-state index contributed by atoms with van der Waals surface area (Å²) >= 11 is 0. The van der Waals surface area contributed by atoms with Crippen molar-refractivity contribution in [2.75, 3.05) is 19.8 Å². The van der Waals surface area contributed by atoms with Crippen LogP contribution in [0.15, 0.2) is 30.3 Å². The molecule has 24 nitrogen and oxygen atoms in total. The van der Waals surface area contributed by atoms with Crippen molar-refractivity contribution < 1.29 is 114 Å². The lowest BCUT2D eigenvalue weighted by molar-refractivity contribution is -0.386. The van der Waals surface area contributed by atoms with E-state index < -0.39 is 158 Å². The summed E-state index contributed by atoms with van der Waals surface area (Å²) in [6.45, 7) is 24.7. The molecule has 5 fully saturated rings. The molecule has 0 aromatic heterocycles. The van der Waals surface area contributed by atoms with E-state index in [1.807, 2.05) is 71.9 Å². The van der Waals surface area contributed by atoms with Gasteiger partial charge in [-0.25, -0.2) is 0 Å². The second-order valence-corrected chi connectivity index (χ2v) is 22.9. The molecule has 5 aliphatic rings. The highest BCUT2D eigenvalue weighted by atomic mass is 16.8. The number of carbonyl (C=O) groups excluding carboxylic acids is 7. The molecule has 5 aliphatic heterocycles. The highest BCUT2D eigenvalue weighted by Gasteiger charge is 2.58. The van der Waals surface area contributed by atoms with Gasteiger partial charge in [-0.1, -0.05) is 92.6 Å². The second-order valence-electron chi connectivity index (χ2n) is 22.9. The molecule has 1 aromatic rings. The molecule has 0 saturated carbocycles. The first-order chi connectivity index (χ1) is 39.7. The third-order valence-electron chi connectivity index (χ3n) is 16.8. The highest BCUT2D eigenvalue weighted by molar-refractivity contribution is 5.68. The van der Waals surface area contributed by atoms with E-state index in [9.17, 15) is 33.6 Å². The molecular weight excluding hydrogens is 1100 g/mol. The Kier molecular flexibility index (Phi) is 25.3. The van der Waals surface area contributed by atoms with Crippen LogP contribution < -0.4 is 0 Å². The molecule has 25 atom stereocenters. The first-order valence-corrected chi connectivity index (χ1v) is 29.4. The number of ether oxygens (including phenoxy) is 17. The lowest BCUT2D eigenvalue weighted by Crippen LogP contribution is -2.66.